The Balaban J connectivity index is 2.93. The van der Waals surface area contributed by atoms with Crippen molar-refractivity contribution in [1.29, 1.82) is 0 Å². The van der Waals surface area contributed by atoms with Crippen LogP contribution in [0.3, 0.4) is 0 Å². The first kappa shape index (κ1) is 15.5. The molecule has 1 unspecified atom stereocenters. The van der Waals surface area contributed by atoms with E-state index in [1.165, 1.54) is 14.0 Å². The smallest absolute Gasteiger partial charge is 0.337 e. The van der Waals surface area contributed by atoms with Gasteiger partial charge in [0.25, 0.3) is 0 Å². The van der Waals surface area contributed by atoms with Crippen molar-refractivity contribution in [2.24, 2.45) is 0 Å². The van der Waals surface area contributed by atoms with Crippen LogP contribution in [0, 0.1) is 20.8 Å². The number of methoxy groups -OCH3 is 1. The van der Waals surface area contributed by atoms with E-state index in [1.54, 1.807) is 0 Å². The largest absolute Gasteiger partial charge is 0.507 e. The van der Waals surface area contributed by atoms with Gasteiger partial charge in [-0.25, -0.2) is 4.79 Å². The number of carbonyl (C=O) groups excluding carboxylic acids is 1. The third-order valence-corrected chi connectivity index (χ3v) is 3.67. The lowest BCUT2D eigenvalue weighted by Gasteiger charge is -2.21. The minimum Gasteiger partial charge on any atom is -0.507 e. The predicted octanol–water partition coefficient (Wildman–Crippen LogP) is 2.17. The van der Waals surface area contributed by atoms with Crippen LogP contribution in [-0.2, 0) is 16.0 Å². The molecular formula is C15H22O4. The molecule has 0 saturated carbocycles. The van der Waals surface area contributed by atoms with Crippen LogP contribution in [0.25, 0.3) is 0 Å². The van der Waals surface area contributed by atoms with Crippen molar-refractivity contribution < 1.29 is 19.7 Å². The minimum absolute atomic E-state index is 0.282. The highest BCUT2D eigenvalue weighted by molar-refractivity contribution is 5.78. The molecule has 0 radical (unpaired) electrons. The van der Waals surface area contributed by atoms with E-state index in [1.807, 2.05) is 26.8 Å². The maximum Gasteiger partial charge on any atom is 0.337 e. The topological polar surface area (TPSA) is 66.8 Å². The Morgan fingerprint density at radius 3 is 2.42 bits per heavy atom. The predicted molar refractivity (Wildman–Crippen MR) is 73.3 cm³/mol. The summed E-state index contributed by atoms with van der Waals surface area (Å²) in [6.45, 7) is 7.08. The van der Waals surface area contributed by atoms with Gasteiger partial charge in [-0.1, -0.05) is 6.07 Å². The second-order valence-electron chi connectivity index (χ2n) is 5.22. The van der Waals surface area contributed by atoms with Crippen LogP contribution in [0.4, 0.5) is 0 Å². The van der Waals surface area contributed by atoms with Crippen molar-refractivity contribution in [2.45, 2.75) is 46.1 Å². The number of hydrogen-bond donors (Lipinski definition) is 2. The van der Waals surface area contributed by atoms with Gasteiger partial charge in [-0.3, -0.25) is 0 Å². The zero-order valence-electron chi connectivity index (χ0n) is 12.2. The summed E-state index contributed by atoms with van der Waals surface area (Å²) in [6, 6.07) is 1.89. The van der Waals surface area contributed by atoms with E-state index < -0.39 is 11.6 Å². The van der Waals surface area contributed by atoms with E-state index in [0.717, 1.165) is 22.3 Å². The molecule has 0 spiro atoms. The molecule has 4 heteroatoms. The molecule has 4 nitrogen and oxygen atoms in total. The number of benzene rings is 1. The quantitative estimate of drug-likeness (QED) is 0.820. The molecule has 19 heavy (non-hydrogen) atoms. The van der Waals surface area contributed by atoms with E-state index >= 15 is 0 Å². The zero-order valence-corrected chi connectivity index (χ0v) is 12.2. The number of phenols is 1. The summed E-state index contributed by atoms with van der Waals surface area (Å²) < 4.78 is 4.57. The van der Waals surface area contributed by atoms with Gasteiger partial charge in [0.05, 0.1) is 7.11 Å². The fraction of sp³-hybridized carbons (Fsp3) is 0.533. The highest BCUT2D eigenvalue weighted by atomic mass is 16.5. The van der Waals surface area contributed by atoms with Crippen LogP contribution in [0.5, 0.6) is 5.75 Å². The number of rotatable bonds is 4. The molecule has 106 valence electrons. The maximum atomic E-state index is 11.4. The van der Waals surface area contributed by atoms with E-state index in [2.05, 4.69) is 4.74 Å². The summed E-state index contributed by atoms with van der Waals surface area (Å²) in [5, 5.41) is 19.8. The number of aryl methyl sites for hydroxylation is 2. The van der Waals surface area contributed by atoms with E-state index in [0.29, 0.717) is 12.2 Å². The first-order valence-corrected chi connectivity index (χ1v) is 6.30. The maximum absolute atomic E-state index is 11.4. The molecule has 1 rings (SSSR count). The summed E-state index contributed by atoms with van der Waals surface area (Å²) in [6.07, 6.45) is 0.833. The lowest BCUT2D eigenvalue weighted by Crippen LogP contribution is -2.36. The molecule has 2 N–H and O–H groups in total. The van der Waals surface area contributed by atoms with Crippen molar-refractivity contribution in [1.82, 2.24) is 0 Å². The van der Waals surface area contributed by atoms with Gasteiger partial charge in [0.1, 0.15) is 5.75 Å². The van der Waals surface area contributed by atoms with Gasteiger partial charge in [-0.2, -0.15) is 0 Å². The Labute approximate surface area is 114 Å². The van der Waals surface area contributed by atoms with Gasteiger partial charge in [-0.15, -0.1) is 0 Å². The van der Waals surface area contributed by atoms with Crippen molar-refractivity contribution in [3.8, 4) is 5.75 Å². The average Bonchev–Trinajstić information content (AvgIpc) is 2.37. The molecule has 0 bridgehead atoms. The van der Waals surface area contributed by atoms with E-state index in [4.69, 9.17) is 0 Å². The number of carbonyl (C=O) groups is 1. The van der Waals surface area contributed by atoms with Crippen molar-refractivity contribution in [3.63, 3.8) is 0 Å². The van der Waals surface area contributed by atoms with Crippen molar-refractivity contribution in [3.05, 3.63) is 28.3 Å². The number of hydrogen-bond acceptors (Lipinski definition) is 4. The molecule has 0 aromatic heterocycles. The molecule has 0 aliphatic rings. The summed E-state index contributed by atoms with van der Waals surface area (Å²) >= 11 is 0. The molecule has 1 atom stereocenters. The molecule has 0 aliphatic heterocycles. The van der Waals surface area contributed by atoms with Crippen molar-refractivity contribution in [2.75, 3.05) is 7.11 Å². The highest BCUT2D eigenvalue weighted by Crippen LogP contribution is 2.29. The Hall–Kier alpha value is -1.55. The summed E-state index contributed by atoms with van der Waals surface area (Å²) in [5.74, 6) is -0.321. The SMILES string of the molecule is COC(=O)C(C)(O)CCc1cc(C)c(O)c(C)c1C. The second kappa shape index (κ2) is 5.61. The van der Waals surface area contributed by atoms with Gasteiger partial charge in [0.2, 0.25) is 0 Å². The van der Waals surface area contributed by atoms with Crippen LogP contribution >= 0.6 is 0 Å². The first-order valence-electron chi connectivity index (χ1n) is 6.30. The molecular weight excluding hydrogens is 244 g/mol. The number of aliphatic hydroxyl groups is 1. The van der Waals surface area contributed by atoms with E-state index in [9.17, 15) is 15.0 Å². The van der Waals surface area contributed by atoms with Gasteiger partial charge in [-0.05, 0) is 62.8 Å². The number of esters is 1. The first-order chi connectivity index (χ1) is 8.70. The molecule has 1 aromatic rings. The lowest BCUT2D eigenvalue weighted by molar-refractivity contribution is -0.161. The molecule has 0 fully saturated rings. The van der Waals surface area contributed by atoms with Crippen LogP contribution in [0.2, 0.25) is 0 Å². The summed E-state index contributed by atoms with van der Waals surface area (Å²) in [7, 11) is 1.26. The lowest BCUT2D eigenvalue weighted by atomic mass is 9.91. The molecule has 0 heterocycles. The minimum atomic E-state index is -1.49. The molecule has 0 saturated heterocycles. The van der Waals surface area contributed by atoms with E-state index in [-0.39, 0.29) is 6.42 Å². The standard InChI is InChI=1S/C15H22O4/c1-9-8-12(10(2)11(3)13(9)16)6-7-15(4,18)14(17)19-5/h8,16,18H,6-7H2,1-5H3. The van der Waals surface area contributed by atoms with Crippen LogP contribution in [0.15, 0.2) is 6.07 Å². The zero-order chi connectivity index (χ0) is 14.8. The third-order valence-electron chi connectivity index (χ3n) is 3.67. The van der Waals surface area contributed by atoms with Gasteiger partial charge < -0.3 is 14.9 Å². The normalized spacial score (nSPS) is 14.0. The Morgan fingerprint density at radius 2 is 1.89 bits per heavy atom. The van der Waals surface area contributed by atoms with Crippen LogP contribution < -0.4 is 0 Å². The van der Waals surface area contributed by atoms with Gasteiger partial charge >= 0.3 is 5.97 Å². The third kappa shape index (κ3) is 3.26. The molecule has 0 amide bonds. The Morgan fingerprint density at radius 1 is 1.32 bits per heavy atom. The highest BCUT2D eigenvalue weighted by Gasteiger charge is 2.31. The fourth-order valence-corrected chi connectivity index (χ4v) is 2.11. The Kier molecular flexibility index (Phi) is 4.58. The summed E-state index contributed by atoms with van der Waals surface area (Å²) in [4.78, 5) is 11.4. The van der Waals surface area contributed by atoms with Gasteiger partial charge in [0.15, 0.2) is 5.60 Å². The number of phenolic OH excluding ortho intramolecular Hbond substituents is 1. The fourth-order valence-electron chi connectivity index (χ4n) is 2.11. The van der Waals surface area contributed by atoms with Crippen LogP contribution in [0.1, 0.15) is 35.6 Å². The summed E-state index contributed by atoms with van der Waals surface area (Å²) in [5.41, 5.74) is 2.17. The molecule has 0 aliphatic carbocycles. The number of aromatic hydroxyl groups is 1. The van der Waals surface area contributed by atoms with Crippen molar-refractivity contribution >= 4 is 5.97 Å². The Bertz CT molecular complexity index is 489. The molecule has 1 aromatic carbocycles. The average molecular weight is 266 g/mol. The second-order valence-corrected chi connectivity index (χ2v) is 5.22. The van der Waals surface area contributed by atoms with Crippen LogP contribution in [-0.4, -0.2) is 28.9 Å². The number of ether oxygens (including phenoxy) is 1. The van der Waals surface area contributed by atoms with Gasteiger partial charge in [0, 0.05) is 0 Å². The monoisotopic (exact) mass is 266 g/mol.